The molecule has 1 atom stereocenters. The largest absolute Gasteiger partial charge is 0.344 e. The summed E-state index contributed by atoms with van der Waals surface area (Å²) in [6, 6.07) is 10.1. The highest BCUT2D eigenvalue weighted by Crippen LogP contribution is 2.21. The van der Waals surface area contributed by atoms with Crippen LogP contribution >= 0.6 is 0 Å². The Balaban J connectivity index is 1.59. The molecule has 0 amide bonds. The van der Waals surface area contributed by atoms with Gasteiger partial charge in [-0.05, 0) is 25.5 Å². The van der Waals surface area contributed by atoms with E-state index in [1.54, 1.807) is 6.07 Å². The van der Waals surface area contributed by atoms with Crippen molar-refractivity contribution >= 4 is 10.9 Å². The first kappa shape index (κ1) is 21.7. The van der Waals surface area contributed by atoms with Gasteiger partial charge in [-0.1, -0.05) is 96.1 Å². The van der Waals surface area contributed by atoms with Crippen molar-refractivity contribution in [2.75, 3.05) is 0 Å². The molecule has 0 N–H and O–H groups in total. The van der Waals surface area contributed by atoms with Crippen LogP contribution in [0, 0.1) is 0 Å². The number of hydrogen-bond acceptors (Lipinski definition) is 1. The number of hydrogen-bond donors (Lipinski definition) is 0. The average molecular weight is 370 g/mol. The molecule has 0 aliphatic carbocycles. The molecule has 1 unspecified atom stereocenters. The Bertz CT molecular complexity index is 703. The van der Waals surface area contributed by atoms with Gasteiger partial charge in [-0.3, -0.25) is 4.79 Å². The molecule has 0 aliphatic heterocycles. The van der Waals surface area contributed by atoms with Gasteiger partial charge >= 0.3 is 0 Å². The van der Waals surface area contributed by atoms with E-state index in [9.17, 15) is 4.79 Å². The van der Waals surface area contributed by atoms with Crippen LogP contribution in [0.2, 0.25) is 0 Å². The molecule has 0 saturated carbocycles. The van der Waals surface area contributed by atoms with Crippen molar-refractivity contribution in [1.29, 1.82) is 0 Å². The number of pyridine rings is 1. The lowest BCUT2D eigenvalue weighted by Gasteiger charge is -2.18. The predicted octanol–water partition coefficient (Wildman–Crippen LogP) is 7.65. The van der Waals surface area contributed by atoms with Gasteiger partial charge in [-0.2, -0.15) is 0 Å². The standard InChI is InChI=1S/C25H39NO/c1-3-4-5-6-7-8-9-10-11-12-13-14-17-22(2)26-21-20-25(27)23-18-15-16-19-24(23)26/h15-16,18-22H,3-14,17H2,1-2H3. The maximum atomic E-state index is 12.0. The molecule has 2 heteroatoms. The zero-order valence-corrected chi connectivity index (χ0v) is 17.6. The monoisotopic (exact) mass is 369 g/mol. The van der Waals surface area contributed by atoms with Crippen molar-refractivity contribution in [2.45, 2.75) is 103 Å². The number of para-hydroxylation sites is 1. The second kappa shape index (κ2) is 12.8. The van der Waals surface area contributed by atoms with Gasteiger partial charge in [0.1, 0.15) is 0 Å². The summed E-state index contributed by atoms with van der Waals surface area (Å²) in [7, 11) is 0. The molecular weight excluding hydrogens is 330 g/mol. The third kappa shape index (κ3) is 7.52. The number of fused-ring (bicyclic) bond motifs is 1. The Morgan fingerprint density at radius 2 is 1.33 bits per heavy atom. The van der Waals surface area contributed by atoms with Crippen LogP contribution in [-0.4, -0.2) is 4.57 Å². The molecule has 0 bridgehead atoms. The maximum absolute atomic E-state index is 12.0. The minimum absolute atomic E-state index is 0.124. The fourth-order valence-corrected chi connectivity index (χ4v) is 4.03. The Hall–Kier alpha value is -1.57. The molecule has 2 rings (SSSR count). The van der Waals surface area contributed by atoms with Gasteiger partial charge in [-0.25, -0.2) is 0 Å². The van der Waals surface area contributed by atoms with Crippen molar-refractivity contribution in [3.05, 3.63) is 46.8 Å². The minimum atomic E-state index is 0.124. The summed E-state index contributed by atoms with van der Waals surface area (Å²) >= 11 is 0. The predicted molar refractivity (Wildman–Crippen MR) is 119 cm³/mol. The Labute approximate surface area is 166 Å². The van der Waals surface area contributed by atoms with Crippen molar-refractivity contribution in [1.82, 2.24) is 4.57 Å². The zero-order valence-electron chi connectivity index (χ0n) is 17.6. The molecule has 0 saturated heterocycles. The van der Waals surface area contributed by atoms with E-state index in [1.165, 1.54) is 83.5 Å². The van der Waals surface area contributed by atoms with Gasteiger partial charge in [0.25, 0.3) is 0 Å². The van der Waals surface area contributed by atoms with Gasteiger partial charge in [0.2, 0.25) is 0 Å². The molecular formula is C25H39NO. The fraction of sp³-hybridized carbons (Fsp3) is 0.640. The Kier molecular flexibility index (Phi) is 10.3. The van der Waals surface area contributed by atoms with E-state index >= 15 is 0 Å². The number of nitrogens with zero attached hydrogens (tertiary/aromatic N) is 1. The molecule has 2 nitrogen and oxygen atoms in total. The summed E-state index contributed by atoms with van der Waals surface area (Å²) in [6.45, 7) is 4.55. The van der Waals surface area contributed by atoms with Crippen LogP contribution < -0.4 is 5.43 Å². The summed E-state index contributed by atoms with van der Waals surface area (Å²) in [6.07, 6.45) is 19.8. The normalized spacial score (nSPS) is 12.5. The smallest absolute Gasteiger partial charge is 0.189 e. The molecule has 2 aromatic rings. The first-order valence-corrected chi connectivity index (χ1v) is 11.3. The molecule has 27 heavy (non-hydrogen) atoms. The van der Waals surface area contributed by atoms with Gasteiger partial charge in [-0.15, -0.1) is 0 Å². The van der Waals surface area contributed by atoms with E-state index in [0.29, 0.717) is 6.04 Å². The van der Waals surface area contributed by atoms with Crippen molar-refractivity contribution < 1.29 is 0 Å². The summed E-state index contributed by atoms with van der Waals surface area (Å²) in [4.78, 5) is 12.0. The Morgan fingerprint density at radius 1 is 0.778 bits per heavy atom. The maximum Gasteiger partial charge on any atom is 0.189 e. The first-order valence-electron chi connectivity index (χ1n) is 11.3. The molecule has 0 radical (unpaired) electrons. The molecule has 0 spiro atoms. The topological polar surface area (TPSA) is 22.0 Å². The van der Waals surface area contributed by atoms with Crippen LogP contribution in [0.15, 0.2) is 41.3 Å². The average Bonchev–Trinajstić information content (AvgIpc) is 2.69. The molecule has 0 aliphatic rings. The Morgan fingerprint density at radius 3 is 1.96 bits per heavy atom. The van der Waals surface area contributed by atoms with Gasteiger partial charge in [0, 0.05) is 23.7 Å². The van der Waals surface area contributed by atoms with Gasteiger partial charge in [0.05, 0.1) is 5.52 Å². The SMILES string of the molecule is CCCCCCCCCCCCCCC(C)n1ccc(=O)c2ccccc21. The van der Waals surface area contributed by atoms with E-state index in [1.807, 2.05) is 24.4 Å². The summed E-state index contributed by atoms with van der Waals surface area (Å²) in [5.41, 5.74) is 1.19. The van der Waals surface area contributed by atoms with Crippen LogP contribution in [0.3, 0.4) is 0 Å². The van der Waals surface area contributed by atoms with E-state index in [-0.39, 0.29) is 5.43 Å². The van der Waals surface area contributed by atoms with Crippen LogP contribution in [0.1, 0.15) is 103 Å². The molecule has 0 fully saturated rings. The van der Waals surface area contributed by atoms with Gasteiger partial charge < -0.3 is 4.57 Å². The number of aromatic nitrogens is 1. The second-order valence-electron chi connectivity index (χ2n) is 8.13. The van der Waals surface area contributed by atoms with Gasteiger partial charge in [0.15, 0.2) is 5.43 Å². The fourth-order valence-electron chi connectivity index (χ4n) is 4.03. The van der Waals surface area contributed by atoms with E-state index < -0.39 is 0 Å². The number of unbranched alkanes of at least 4 members (excludes halogenated alkanes) is 11. The van der Waals surface area contributed by atoms with E-state index in [2.05, 4.69) is 24.5 Å². The highest BCUT2D eigenvalue weighted by molar-refractivity contribution is 5.78. The summed E-state index contributed by atoms with van der Waals surface area (Å²) in [5, 5.41) is 0.835. The quantitative estimate of drug-likeness (QED) is 0.313. The molecule has 1 aromatic carbocycles. The van der Waals surface area contributed by atoms with Crippen molar-refractivity contribution in [3.8, 4) is 0 Å². The van der Waals surface area contributed by atoms with Crippen LogP contribution in [0.25, 0.3) is 10.9 Å². The van der Waals surface area contributed by atoms with Crippen molar-refractivity contribution in [3.63, 3.8) is 0 Å². The van der Waals surface area contributed by atoms with E-state index in [0.717, 1.165) is 10.9 Å². The zero-order chi connectivity index (χ0) is 19.3. The van der Waals surface area contributed by atoms with Crippen LogP contribution in [0.5, 0.6) is 0 Å². The first-order chi connectivity index (χ1) is 13.2. The minimum Gasteiger partial charge on any atom is -0.344 e. The lowest BCUT2D eigenvalue weighted by molar-refractivity contribution is 0.473. The lowest BCUT2D eigenvalue weighted by Crippen LogP contribution is -2.11. The highest BCUT2D eigenvalue weighted by atomic mass is 16.1. The lowest BCUT2D eigenvalue weighted by atomic mass is 10.0. The number of benzene rings is 1. The van der Waals surface area contributed by atoms with Crippen LogP contribution in [0.4, 0.5) is 0 Å². The molecule has 1 heterocycles. The molecule has 1 aromatic heterocycles. The van der Waals surface area contributed by atoms with E-state index in [4.69, 9.17) is 0 Å². The summed E-state index contributed by atoms with van der Waals surface area (Å²) in [5.74, 6) is 0. The number of rotatable bonds is 14. The third-order valence-corrected chi connectivity index (χ3v) is 5.78. The third-order valence-electron chi connectivity index (χ3n) is 5.78. The van der Waals surface area contributed by atoms with Crippen molar-refractivity contribution in [2.24, 2.45) is 0 Å². The highest BCUT2D eigenvalue weighted by Gasteiger charge is 2.08. The van der Waals surface area contributed by atoms with Crippen LogP contribution in [-0.2, 0) is 0 Å². The summed E-state index contributed by atoms with van der Waals surface area (Å²) < 4.78 is 2.27. The second-order valence-corrected chi connectivity index (χ2v) is 8.13. The molecule has 150 valence electrons.